The summed E-state index contributed by atoms with van der Waals surface area (Å²) in [6.45, 7) is 4.25. The minimum atomic E-state index is -0.330. The van der Waals surface area contributed by atoms with Crippen LogP contribution in [0.1, 0.15) is 0 Å². The topological polar surface area (TPSA) is 82.7 Å². The molecule has 0 spiro atoms. The number of hydrogen-bond acceptors (Lipinski definition) is 7. The molecule has 2 aromatic carbocycles. The van der Waals surface area contributed by atoms with Crippen molar-refractivity contribution in [3.63, 3.8) is 0 Å². The molecule has 0 bridgehead atoms. The molecule has 8 heteroatoms. The molecule has 1 aliphatic heterocycles. The summed E-state index contributed by atoms with van der Waals surface area (Å²) in [6.07, 6.45) is 1.74. The van der Waals surface area contributed by atoms with Crippen LogP contribution in [0.15, 0.2) is 64.5 Å². The highest BCUT2D eigenvalue weighted by Gasteiger charge is 2.21. The molecular formula is C21H22N4O3S. The molecule has 2 heterocycles. The lowest BCUT2D eigenvalue weighted by Gasteiger charge is -2.35. The quantitative estimate of drug-likeness (QED) is 0.492. The Hall–Kier alpha value is -2.68. The van der Waals surface area contributed by atoms with Gasteiger partial charge in [-0.1, -0.05) is 30.0 Å². The molecule has 150 valence electrons. The highest BCUT2D eigenvalue weighted by Crippen LogP contribution is 2.39. The van der Waals surface area contributed by atoms with Crippen LogP contribution >= 0.6 is 11.8 Å². The van der Waals surface area contributed by atoms with E-state index in [1.54, 1.807) is 12.3 Å². The van der Waals surface area contributed by atoms with E-state index in [1.807, 2.05) is 42.5 Å². The molecule has 3 aromatic rings. The monoisotopic (exact) mass is 410 g/mol. The molecule has 0 saturated carbocycles. The molecule has 1 aromatic heterocycles. The summed E-state index contributed by atoms with van der Waals surface area (Å²) in [5.41, 5.74) is 1.93. The Balaban J connectivity index is 1.63. The van der Waals surface area contributed by atoms with Crippen LogP contribution in [-0.4, -0.2) is 59.2 Å². The number of β-amino-alcohol motifs (C(OH)–C–C–N with tert-alkyl or cyclic N) is 1. The Kier molecular flexibility index (Phi) is 5.94. The first-order valence-corrected chi connectivity index (χ1v) is 10.4. The van der Waals surface area contributed by atoms with E-state index in [0.29, 0.717) is 11.4 Å². The van der Waals surface area contributed by atoms with Crippen LogP contribution in [0.5, 0.6) is 0 Å². The van der Waals surface area contributed by atoms with Gasteiger partial charge in [0.15, 0.2) is 0 Å². The van der Waals surface area contributed by atoms with E-state index in [9.17, 15) is 10.1 Å². The second-order valence-electron chi connectivity index (χ2n) is 6.89. The van der Waals surface area contributed by atoms with Crippen molar-refractivity contribution in [2.75, 3.05) is 44.2 Å². The molecule has 1 fully saturated rings. The van der Waals surface area contributed by atoms with Gasteiger partial charge in [0, 0.05) is 61.0 Å². The number of nitrogens with zero attached hydrogens (tertiary/aromatic N) is 4. The van der Waals surface area contributed by atoms with E-state index in [0.717, 1.165) is 47.7 Å². The molecule has 7 nitrogen and oxygen atoms in total. The fourth-order valence-electron chi connectivity index (χ4n) is 3.58. The molecule has 1 saturated heterocycles. The first kappa shape index (κ1) is 19.6. The number of rotatable bonds is 6. The predicted octanol–water partition coefficient (Wildman–Crippen LogP) is 3.41. The Morgan fingerprint density at radius 3 is 2.62 bits per heavy atom. The zero-order chi connectivity index (χ0) is 20.2. The van der Waals surface area contributed by atoms with Crippen molar-refractivity contribution < 1.29 is 10.0 Å². The third kappa shape index (κ3) is 4.34. The van der Waals surface area contributed by atoms with Gasteiger partial charge in [0.2, 0.25) is 0 Å². The fourth-order valence-corrected chi connectivity index (χ4v) is 4.66. The van der Waals surface area contributed by atoms with E-state index in [2.05, 4.69) is 14.8 Å². The maximum atomic E-state index is 11.6. The van der Waals surface area contributed by atoms with Gasteiger partial charge in [-0.3, -0.25) is 20.0 Å². The fraction of sp³-hybridized carbons (Fsp3) is 0.286. The summed E-state index contributed by atoms with van der Waals surface area (Å²) in [4.78, 5) is 21.7. The lowest BCUT2D eigenvalue weighted by molar-refractivity contribution is -0.387. The lowest BCUT2D eigenvalue weighted by Crippen LogP contribution is -2.47. The number of nitro benzene ring substituents is 1. The second-order valence-corrected chi connectivity index (χ2v) is 7.98. The SMILES string of the molecule is O=[N+]([O-])c1ccc(N2CCN(CCO)CC2)cc1Sc1cccc2cccnc12. The van der Waals surface area contributed by atoms with Gasteiger partial charge < -0.3 is 10.0 Å². The van der Waals surface area contributed by atoms with Gasteiger partial charge in [-0.25, -0.2) is 0 Å². The van der Waals surface area contributed by atoms with Crippen LogP contribution < -0.4 is 4.90 Å². The van der Waals surface area contributed by atoms with Crippen LogP contribution in [0.4, 0.5) is 11.4 Å². The molecule has 0 aliphatic carbocycles. The number of anilines is 1. The van der Waals surface area contributed by atoms with Gasteiger partial charge in [0.1, 0.15) is 0 Å². The van der Waals surface area contributed by atoms with Gasteiger partial charge in [-0.15, -0.1) is 0 Å². The van der Waals surface area contributed by atoms with E-state index in [4.69, 9.17) is 5.11 Å². The minimum Gasteiger partial charge on any atom is -0.395 e. The summed E-state index contributed by atoms with van der Waals surface area (Å²) in [5.74, 6) is 0. The Bertz CT molecular complexity index is 1020. The standard InChI is InChI=1S/C21H22N4O3S/c26-14-13-23-9-11-24(12-10-23)17-6-7-18(25(27)28)20(15-17)29-19-5-1-3-16-4-2-8-22-21(16)19/h1-8,15,26H,9-14H2. The Morgan fingerprint density at radius 1 is 1.07 bits per heavy atom. The van der Waals surface area contributed by atoms with Crippen molar-refractivity contribution in [1.29, 1.82) is 0 Å². The molecule has 1 aliphatic rings. The van der Waals surface area contributed by atoms with Crippen LogP contribution in [0, 0.1) is 10.1 Å². The maximum Gasteiger partial charge on any atom is 0.283 e. The number of fused-ring (bicyclic) bond motifs is 1. The van der Waals surface area contributed by atoms with Gasteiger partial charge >= 0.3 is 0 Å². The van der Waals surface area contributed by atoms with E-state index in [-0.39, 0.29) is 17.2 Å². The molecule has 4 rings (SSSR count). The van der Waals surface area contributed by atoms with Crippen LogP contribution in [-0.2, 0) is 0 Å². The van der Waals surface area contributed by atoms with Crippen molar-refractivity contribution in [2.24, 2.45) is 0 Å². The number of pyridine rings is 1. The van der Waals surface area contributed by atoms with Crippen molar-refractivity contribution in [3.8, 4) is 0 Å². The van der Waals surface area contributed by atoms with Gasteiger partial charge in [0.25, 0.3) is 5.69 Å². The summed E-state index contributed by atoms with van der Waals surface area (Å²) in [7, 11) is 0. The first-order valence-electron chi connectivity index (χ1n) is 9.54. The van der Waals surface area contributed by atoms with Crippen molar-refractivity contribution in [3.05, 3.63) is 64.8 Å². The largest absolute Gasteiger partial charge is 0.395 e. The van der Waals surface area contributed by atoms with Crippen molar-refractivity contribution >= 4 is 34.0 Å². The molecule has 0 unspecified atom stereocenters. The van der Waals surface area contributed by atoms with Crippen molar-refractivity contribution in [1.82, 2.24) is 9.88 Å². The molecule has 0 radical (unpaired) electrons. The molecule has 29 heavy (non-hydrogen) atoms. The van der Waals surface area contributed by atoms with Crippen LogP contribution in [0.2, 0.25) is 0 Å². The second kappa shape index (κ2) is 8.77. The Labute approximate surface area is 173 Å². The zero-order valence-electron chi connectivity index (χ0n) is 15.9. The lowest BCUT2D eigenvalue weighted by atomic mass is 10.2. The number of para-hydroxylation sites is 1. The van der Waals surface area contributed by atoms with E-state index in [1.165, 1.54) is 11.8 Å². The summed E-state index contributed by atoms with van der Waals surface area (Å²) in [6, 6.07) is 15.1. The predicted molar refractivity (Wildman–Crippen MR) is 115 cm³/mol. The highest BCUT2D eigenvalue weighted by molar-refractivity contribution is 7.99. The van der Waals surface area contributed by atoms with E-state index < -0.39 is 0 Å². The normalized spacial score (nSPS) is 15.0. The summed E-state index contributed by atoms with van der Waals surface area (Å²) in [5, 5.41) is 21.7. The highest BCUT2D eigenvalue weighted by atomic mass is 32.2. The number of aliphatic hydroxyl groups excluding tert-OH is 1. The van der Waals surface area contributed by atoms with Crippen LogP contribution in [0.25, 0.3) is 10.9 Å². The third-order valence-electron chi connectivity index (χ3n) is 5.11. The minimum absolute atomic E-state index is 0.102. The molecule has 0 atom stereocenters. The number of benzene rings is 2. The van der Waals surface area contributed by atoms with Gasteiger partial charge in [-0.05, 0) is 24.3 Å². The maximum absolute atomic E-state index is 11.6. The average molecular weight is 410 g/mol. The number of piperazine rings is 1. The summed E-state index contributed by atoms with van der Waals surface area (Å²) >= 11 is 1.38. The average Bonchev–Trinajstić information content (AvgIpc) is 2.74. The van der Waals surface area contributed by atoms with Gasteiger partial charge in [0.05, 0.1) is 21.9 Å². The molecular weight excluding hydrogens is 388 g/mol. The summed E-state index contributed by atoms with van der Waals surface area (Å²) < 4.78 is 0. The van der Waals surface area contributed by atoms with Crippen molar-refractivity contribution in [2.45, 2.75) is 9.79 Å². The first-order chi connectivity index (χ1) is 14.2. The zero-order valence-corrected chi connectivity index (χ0v) is 16.7. The van der Waals surface area contributed by atoms with Crippen LogP contribution in [0.3, 0.4) is 0 Å². The van der Waals surface area contributed by atoms with E-state index >= 15 is 0 Å². The van der Waals surface area contributed by atoms with Gasteiger partial charge in [-0.2, -0.15) is 0 Å². The molecule has 0 amide bonds. The third-order valence-corrected chi connectivity index (χ3v) is 6.21. The Morgan fingerprint density at radius 2 is 1.86 bits per heavy atom. The number of aromatic nitrogens is 1. The molecule has 1 N–H and O–H groups in total. The number of nitro groups is 1. The smallest absolute Gasteiger partial charge is 0.283 e. The number of aliphatic hydroxyl groups is 1. The number of hydrogen-bond donors (Lipinski definition) is 1.